The van der Waals surface area contributed by atoms with Crippen molar-refractivity contribution >= 4 is 42.2 Å². The summed E-state index contributed by atoms with van der Waals surface area (Å²) >= 11 is 4.10. The van der Waals surface area contributed by atoms with Crippen LogP contribution in [0.25, 0.3) is 0 Å². The van der Waals surface area contributed by atoms with Crippen molar-refractivity contribution in [2.45, 2.75) is 43.4 Å². The minimum Gasteiger partial charge on any atom is -0.508 e. The number of carboxylic acids is 1. The number of nitrogens with two attached hydrogens (primary N) is 2. The quantitative estimate of drug-likeness (QED) is 0.117. The van der Waals surface area contributed by atoms with E-state index in [4.69, 9.17) is 11.5 Å². The highest BCUT2D eigenvalue weighted by Crippen LogP contribution is 2.11. The molecule has 37 heavy (non-hydrogen) atoms. The fraction of sp³-hybridized carbons (Fsp3) is 0.364. The van der Waals surface area contributed by atoms with Crippen molar-refractivity contribution in [1.29, 1.82) is 0 Å². The Labute approximate surface area is 217 Å². The highest BCUT2D eigenvalue weighted by Gasteiger charge is 2.31. The number of thiol groups is 1. The smallest absolute Gasteiger partial charge is 0.326 e. The summed E-state index contributed by atoms with van der Waals surface area (Å²) in [6, 6.07) is 1.00. The van der Waals surface area contributed by atoms with E-state index in [0.717, 1.165) is 0 Å². The summed E-state index contributed by atoms with van der Waals surface area (Å²) in [5, 5.41) is 25.8. The molecule has 4 amide bonds. The van der Waals surface area contributed by atoms with E-state index in [0.29, 0.717) is 11.3 Å². The number of aromatic amines is 1. The summed E-state index contributed by atoms with van der Waals surface area (Å²) in [6.45, 7) is 0. The number of aromatic nitrogens is 2. The Morgan fingerprint density at radius 1 is 0.946 bits per heavy atom. The summed E-state index contributed by atoms with van der Waals surface area (Å²) in [7, 11) is 0. The number of hydrogen-bond donors (Lipinski definition) is 9. The lowest BCUT2D eigenvalue weighted by Crippen LogP contribution is -2.58. The zero-order valence-electron chi connectivity index (χ0n) is 19.6. The number of primary amides is 1. The second-order valence-electron chi connectivity index (χ2n) is 8.13. The van der Waals surface area contributed by atoms with E-state index in [9.17, 15) is 34.2 Å². The molecule has 15 heteroatoms. The van der Waals surface area contributed by atoms with Crippen LogP contribution in [0.4, 0.5) is 0 Å². The summed E-state index contributed by atoms with van der Waals surface area (Å²) in [5.41, 5.74) is 12.1. The third kappa shape index (κ3) is 9.46. The molecule has 2 rings (SSSR count). The summed E-state index contributed by atoms with van der Waals surface area (Å²) in [5.74, 6) is -4.83. The maximum atomic E-state index is 12.9. The predicted octanol–water partition coefficient (Wildman–Crippen LogP) is -2.43. The fourth-order valence-electron chi connectivity index (χ4n) is 3.22. The standard InChI is InChI=1S/C22H29N7O7S/c23-14(5-11-1-3-13(30)4-2-11)19(32)29-17(9-37)21(34)27-15(6-12-8-25-10-26-12)20(33)28-16(22(35)36)7-18(24)31/h1-4,8,10,14-17,30,37H,5-7,9,23H2,(H2,24,31)(H,25,26)(H,27,34)(H,28,33)(H,29,32)(H,35,36). The number of phenols is 1. The van der Waals surface area contributed by atoms with Crippen molar-refractivity contribution in [2.24, 2.45) is 11.5 Å². The molecule has 0 aliphatic rings. The Morgan fingerprint density at radius 2 is 1.54 bits per heavy atom. The lowest BCUT2D eigenvalue weighted by atomic mass is 10.1. The maximum absolute atomic E-state index is 12.9. The number of benzene rings is 1. The molecule has 14 nitrogen and oxygen atoms in total. The van der Waals surface area contributed by atoms with E-state index in [1.807, 2.05) is 0 Å². The van der Waals surface area contributed by atoms with Gasteiger partial charge in [-0.1, -0.05) is 12.1 Å². The molecule has 0 aliphatic carbocycles. The van der Waals surface area contributed by atoms with Gasteiger partial charge in [-0.05, 0) is 24.1 Å². The second-order valence-corrected chi connectivity index (χ2v) is 8.50. The Kier molecular flexibility index (Phi) is 10.9. The topological polar surface area (TPSA) is 243 Å². The number of amides is 4. The number of carbonyl (C=O) groups excluding carboxylic acids is 4. The van der Waals surface area contributed by atoms with Gasteiger partial charge >= 0.3 is 5.97 Å². The molecule has 0 aliphatic heterocycles. The molecule has 1 aromatic heterocycles. The number of carboxylic acid groups (broad SMARTS) is 1. The molecule has 0 bridgehead atoms. The largest absolute Gasteiger partial charge is 0.508 e. The van der Waals surface area contributed by atoms with E-state index >= 15 is 0 Å². The van der Waals surface area contributed by atoms with E-state index < -0.39 is 60.2 Å². The zero-order valence-corrected chi connectivity index (χ0v) is 20.5. The summed E-state index contributed by atoms with van der Waals surface area (Å²) in [6.07, 6.45) is 2.14. The first kappa shape index (κ1) is 29.1. The van der Waals surface area contributed by atoms with E-state index in [-0.39, 0.29) is 24.3 Å². The molecule has 1 aromatic carbocycles. The molecule has 4 atom stereocenters. The highest BCUT2D eigenvalue weighted by atomic mass is 32.1. The Bertz CT molecular complexity index is 1100. The van der Waals surface area contributed by atoms with Gasteiger partial charge in [-0.3, -0.25) is 19.2 Å². The lowest BCUT2D eigenvalue weighted by molar-refractivity contribution is -0.143. The fourth-order valence-corrected chi connectivity index (χ4v) is 3.48. The first-order valence-corrected chi connectivity index (χ1v) is 11.7. The van der Waals surface area contributed by atoms with Crippen molar-refractivity contribution in [3.8, 4) is 5.75 Å². The highest BCUT2D eigenvalue weighted by molar-refractivity contribution is 7.80. The van der Waals surface area contributed by atoms with Crippen LogP contribution in [0.3, 0.4) is 0 Å². The number of phenolic OH excluding ortho intramolecular Hbond substituents is 1. The molecule has 200 valence electrons. The second kappa shape index (κ2) is 13.8. The molecule has 0 spiro atoms. The number of hydrogen-bond acceptors (Lipinski definition) is 9. The van der Waals surface area contributed by atoms with Gasteiger partial charge in [0.15, 0.2) is 0 Å². The molecule has 0 saturated carbocycles. The van der Waals surface area contributed by atoms with Gasteiger partial charge in [0.1, 0.15) is 23.9 Å². The Balaban J connectivity index is 2.09. The molecular formula is C22H29N7O7S. The summed E-state index contributed by atoms with van der Waals surface area (Å²) in [4.78, 5) is 67.6. The average molecular weight is 536 g/mol. The van der Waals surface area contributed by atoms with Crippen LogP contribution in [-0.2, 0) is 36.8 Å². The molecule has 0 radical (unpaired) electrons. The van der Waals surface area contributed by atoms with Crippen molar-refractivity contribution in [3.63, 3.8) is 0 Å². The maximum Gasteiger partial charge on any atom is 0.326 e. The number of aromatic hydroxyl groups is 1. The van der Waals surface area contributed by atoms with Crippen molar-refractivity contribution in [3.05, 3.63) is 48.0 Å². The van der Waals surface area contributed by atoms with Crippen molar-refractivity contribution in [1.82, 2.24) is 25.9 Å². The van der Waals surface area contributed by atoms with Gasteiger partial charge in [0, 0.05) is 24.1 Å². The van der Waals surface area contributed by atoms with Crippen LogP contribution in [0.15, 0.2) is 36.8 Å². The third-order valence-electron chi connectivity index (χ3n) is 5.18. The normalized spacial score (nSPS) is 14.0. The number of imidazole rings is 1. The van der Waals surface area contributed by atoms with Crippen LogP contribution in [0.2, 0.25) is 0 Å². The molecule has 0 fully saturated rings. The van der Waals surface area contributed by atoms with Gasteiger partial charge in [-0.25, -0.2) is 9.78 Å². The van der Waals surface area contributed by atoms with Gasteiger partial charge in [0.25, 0.3) is 0 Å². The molecule has 1 heterocycles. The number of rotatable bonds is 14. The van der Waals surface area contributed by atoms with Gasteiger partial charge in [0.2, 0.25) is 23.6 Å². The lowest BCUT2D eigenvalue weighted by Gasteiger charge is -2.24. The molecule has 0 saturated heterocycles. The molecular weight excluding hydrogens is 506 g/mol. The van der Waals surface area contributed by atoms with Crippen molar-refractivity contribution in [2.75, 3.05) is 5.75 Å². The van der Waals surface area contributed by atoms with Crippen LogP contribution >= 0.6 is 12.6 Å². The van der Waals surface area contributed by atoms with Crippen LogP contribution < -0.4 is 27.4 Å². The van der Waals surface area contributed by atoms with Crippen LogP contribution in [0, 0.1) is 0 Å². The van der Waals surface area contributed by atoms with Gasteiger partial charge in [0.05, 0.1) is 18.8 Å². The van der Waals surface area contributed by atoms with E-state index in [1.54, 1.807) is 12.1 Å². The van der Waals surface area contributed by atoms with E-state index in [1.165, 1.54) is 24.7 Å². The van der Waals surface area contributed by atoms with Crippen LogP contribution in [0.1, 0.15) is 17.7 Å². The monoisotopic (exact) mass is 535 g/mol. The summed E-state index contributed by atoms with van der Waals surface area (Å²) < 4.78 is 0. The zero-order chi connectivity index (χ0) is 27.5. The van der Waals surface area contributed by atoms with Gasteiger partial charge in [-0.2, -0.15) is 12.6 Å². The average Bonchev–Trinajstić information content (AvgIpc) is 3.35. The number of carbonyl (C=O) groups is 5. The first-order valence-electron chi connectivity index (χ1n) is 11.0. The predicted molar refractivity (Wildman–Crippen MR) is 133 cm³/mol. The third-order valence-corrected chi connectivity index (χ3v) is 5.54. The minimum absolute atomic E-state index is 0.0617. The number of aliphatic carboxylic acids is 1. The van der Waals surface area contributed by atoms with Crippen LogP contribution in [0.5, 0.6) is 5.75 Å². The van der Waals surface area contributed by atoms with Gasteiger partial charge in [-0.15, -0.1) is 0 Å². The Morgan fingerprint density at radius 3 is 2.08 bits per heavy atom. The Hall–Kier alpha value is -4.11. The molecule has 4 unspecified atom stereocenters. The molecule has 10 N–H and O–H groups in total. The number of nitrogens with one attached hydrogen (secondary N) is 4. The van der Waals surface area contributed by atoms with Gasteiger partial charge < -0.3 is 42.6 Å². The number of nitrogens with zero attached hydrogens (tertiary/aromatic N) is 1. The SMILES string of the molecule is NC(=O)CC(NC(=O)C(Cc1cnc[nH]1)NC(=O)C(CS)NC(=O)C(N)Cc1ccc(O)cc1)C(=O)O. The van der Waals surface area contributed by atoms with Crippen molar-refractivity contribution < 1.29 is 34.2 Å². The minimum atomic E-state index is -1.61. The van der Waals surface area contributed by atoms with E-state index in [2.05, 4.69) is 38.5 Å². The number of H-pyrrole nitrogens is 1. The molecule has 2 aromatic rings. The van der Waals surface area contributed by atoms with Crippen LogP contribution in [-0.4, -0.2) is 79.7 Å². The first-order chi connectivity index (χ1) is 17.5.